The number of anilines is 1. The number of sulfonamides is 1. The lowest BCUT2D eigenvalue weighted by atomic mass is 10.1. The summed E-state index contributed by atoms with van der Waals surface area (Å²) < 4.78 is 32.8. The largest absolute Gasteiger partial charge is 0.467 e. The predicted molar refractivity (Wildman–Crippen MR) is 131 cm³/mol. The second kappa shape index (κ2) is 9.73. The SMILES string of the molecule is O=C(CNc1ccc(S(=O)(=O)N2CCCCC2)cc1)N1N=C(c2cccs2)CC1c1ccco1. The van der Waals surface area contributed by atoms with Gasteiger partial charge < -0.3 is 9.73 Å². The first-order valence-corrected chi connectivity index (χ1v) is 13.7. The Kier molecular flexibility index (Phi) is 6.53. The molecule has 1 saturated heterocycles. The molecule has 3 aromatic rings. The van der Waals surface area contributed by atoms with E-state index in [1.165, 1.54) is 5.01 Å². The molecule has 0 aliphatic carbocycles. The van der Waals surface area contributed by atoms with E-state index in [1.807, 2.05) is 23.6 Å². The molecule has 4 heterocycles. The van der Waals surface area contributed by atoms with Crippen LogP contribution in [0.4, 0.5) is 5.69 Å². The van der Waals surface area contributed by atoms with Gasteiger partial charge in [0.05, 0.1) is 28.3 Å². The van der Waals surface area contributed by atoms with Crippen molar-refractivity contribution in [1.82, 2.24) is 9.31 Å². The summed E-state index contributed by atoms with van der Waals surface area (Å²) in [6, 6.07) is 13.9. The van der Waals surface area contributed by atoms with E-state index in [4.69, 9.17) is 4.42 Å². The van der Waals surface area contributed by atoms with E-state index < -0.39 is 10.0 Å². The summed E-state index contributed by atoms with van der Waals surface area (Å²) in [5.74, 6) is 0.494. The van der Waals surface area contributed by atoms with E-state index in [-0.39, 0.29) is 23.4 Å². The molecule has 10 heteroatoms. The molecule has 1 fully saturated rings. The number of hydrogen-bond acceptors (Lipinski definition) is 7. The van der Waals surface area contributed by atoms with Crippen LogP contribution >= 0.6 is 11.3 Å². The van der Waals surface area contributed by atoms with Crippen LogP contribution in [0.2, 0.25) is 0 Å². The van der Waals surface area contributed by atoms with Crippen molar-refractivity contribution in [1.29, 1.82) is 0 Å². The number of furan rings is 1. The zero-order chi connectivity index (χ0) is 23.5. The van der Waals surface area contributed by atoms with Crippen LogP contribution in [0.15, 0.2) is 74.6 Å². The van der Waals surface area contributed by atoms with Gasteiger partial charge in [0, 0.05) is 25.2 Å². The normalized spacial score (nSPS) is 19.2. The number of amides is 1. The number of thiophene rings is 1. The minimum atomic E-state index is -3.48. The Bertz CT molecular complexity index is 1250. The number of benzene rings is 1. The Morgan fingerprint density at radius 2 is 1.88 bits per heavy atom. The number of carbonyl (C=O) groups excluding carboxylic acids is 1. The molecule has 0 radical (unpaired) electrons. The maximum absolute atomic E-state index is 13.1. The van der Waals surface area contributed by atoms with E-state index in [0.717, 1.165) is 29.9 Å². The van der Waals surface area contributed by atoms with E-state index >= 15 is 0 Å². The van der Waals surface area contributed by atoms with Crippen molar-refractivity contribution >= 4 is 38.7 Å². The van der Waals surface area contributed by atoms with Crippen LogP contribution in [0.1, 0.15) is 42.4 Å². The van der Waals surface area contributed by atoms with Gasteiger partial charge in [0.2, 0.25) is 10.0 Å². The topological polar surface area (TPSA) is 95.2 Å². The monoisotopic (exact) mass is 498 g/mol. The average Bonchev–Trinajstić information content (AvgIpc) is 3.64. The Morgan fingerprint density at radius 1 is 1.09 bits per heavy atom. The predicted octanol–water partition coefficient (Wildman–Crippen LogP) is 4.31. The molecule has 34 heavy (non-hydrogen) atoms. The third-order valence-electron chi connectivity index (χ3n) is 6.09. The average molecular weight is 499 g/mol. The summed E-state index contributed by atoms with van der Waals surface area (Å²) in [5.41, 5.74) is 1.53. The van der Waals surface area contributed by atoms with Crippen molar-refractivity contribution in [3.05, 3.63) is 70.8 Å². The summed E-state index contributed by atoms with van der Waals surface area (Å²) in [6.45, 7) is 1.16. The van der Waals surface area contributed by atoms with Crippen LogP contribution in [0.3, 0.4) is 0 Å². The summed E-state index contributed by atoms with van der Waals surface area (Å²) in [5, 5.41) is 11.2. The van der Waals surface area contributed by atoms with Gasteiger partial charge in [-0.05, 0) is 60.7 Å². The minimum absolute atomic E-state index is 0.0245. The molecule has 178 valence electrons. The molecule has 1 amide bonds. The number of hydrazone groups is 1. The Balaban J connectivity index is 1.26. The van der Waals surface area contributed by atoms with Gasteiger partial charge in [-0.2, -0.15) is 9.41 Å². The molecule has 2 aliphatic rings. The maximum Gasteiger partial charge on any atom is 0.262 e. The first kappa shape index (κ1) is 22.8. The molecule has 1 unspecified atom stereocenters. The molecule has 0 spiro atoms. The molecule has 1 N–H and O–H groups in total. The fourth-order valence-corrected chi connectivity index (χ4v) is 6.53. The van der Waals surface area contributed by atoms with E-state index in [2.05, 4.69) is 10.4 Å². The molecule has 1 atom stereocenters. The quantitative estimate of drug-likeness (QED) is 0.524. The highest BCUT2D eigenvalue weighted by Gasteiger charge is 2.35. The number of nitrogens with zero attached hydrogens (tertiary/aromatic N) is 3. The van der Waals surface area contributed by atoms with Crippen molar-refractivity contribution < 1.29 is 17.6 Å². The first-order valence-electron chi connectivity index (χ1n) is 11.3. The minimum Gasteiger partial charge on any atom is -0.467 e. The molecular weight excluding hydrogens is 472 g/mol. The maximum atomic E-state index is 13.1. The van der Waals surface area contributed by atoms with Crippen molar-refractivity contribution in [3.8, 4) is 0 Å². The number of rotatable bonds is 7. The van der Waals surface area contributed by atoms with Crippen molar-refractivity contribution in [2.24, 2.45) is 5.10 Å². The Hall–Kier alpha value is -2.95. The third kappa shape index (κ3) is 4.66. The molecule has 2 aromatic heterocycles. The lowest BCUT2D eigenvalue weighted by Gasteiger charge is -2.26. The van der Waals surface area contributed by atoms with Gasteiger partial charge >= 0.3 is 0 Å². The standard InChI is InChI=1S/C24H26N4O4S2/c29-24(28-21(22-6-4-14-32-22)16-20(26-28)23-7-5-15-33-23)17-25-18-8-10-19(11-9-18)34(30,31)27-12-2-1-3-13-27/h4-11,14-15,21,25H,1-3,12-13,16-17H2. The highest BCUT2D eigenvalue weighted by atomic mass is 32.2. The van der Waals surface area contributed by atoms with Gasteiger partial charge in [-0.1, -0.05) is 12.5 Å². The van der Waals surface area contributed by atoms with Crippen LogP contribution in [0.5, 0.6) is 0 Å². The van der Waals surface area contributed by atoms with Gasteiger partial charge in [0.1, 0.15) is 11.8 Å². The van der Waals surface area contributed by atoms with Crippen LogP contribution in [0, 0.1) is 0 Å². The summed E-state index contributed by atoms with van der Waals surface area (Å²) in [6.07, 6.45) is 5.04. The number of carbonyl (C=O) groups is 1. The molecule has 5 rings (SSSR count). The summed E-state index contributed by atoms with van der Waals surface area (Å²) in [4.78, 5) is 14.4. The summed E-state index contributed by atoms with van der Waals surface area (Å²) >= 11 is 1.59. The van der Waals surface area contributed by atoms with E-state index in [9.17, 15) is 13.2 Å². The van der Waals surface area contributed by atoms with Crippen LogP contribution in [-0.2, 0) is 14.8 Å². The molecule has 0 bridgehead atoms. The summed E-state index contributed by atoms with van der Waals surface area (Å²) in [7, 11) is -3.48. The lowest BCUT2D eigenvalue weighted by Crippen LogP contribution is -2.35. The second-order valence-corrected chi connectivity index (χ2v) is 11.2. The fraction of sp³-hybridized carbons (Fsp3) is 0.333. The second-order valence-electron chi connectivity index (χ2n) is 8.34. The molecule has 8 nitrogen and oxygen atoms in total. The number of hydrogen-bond donors (Lipinski definition) is 1. The molecule has 2 aliphatic heterocycles. The smallest absolute Gasteiger partial charge is 0.262 e. The zero-order valence-corrected chi connectivity index (χ0v) is 20.2. The zero-order valence-electron chi connectivity index (χ0n) is 18.6. The third-order valence-corrected chi connectivity index (χ3v) is 8.93. The molecular formula is C24H26N4O4S2. The Labute approximate surface area is 202 Å². The molecule has 0 saturated carbocycles. The van der Waals surface area contributed by atoms with Crippen molar-refractivity contribution in [2.75, 3.05) is 25.0 Å². The van der Waals surface area contributed by atoms with E-state index in [1.54, 1.807) is 52.2 Å². The highest BCUT2D eigenvalue weighted by molar-refractivity contribution is 7.89. The van der Waals surface area contributed by atoms with Crippen molar-refractivity contribution in [3.63, 3.8) is 0 Å². The van der Waals surface area contributed by atoms with Crippen molar-refractivity contribution in [2.45, 2.75) is 36.6 Å². The van der Waals surface area contributed by atoms with Crippen LogP contribution in [0.25, 0.3) is 0 Å². The lowest BCUT2D eigenvalue weighted by molar-refractivity contribution is -0.131. The van der Waals surface area contributed by atoms with Gasteiger partial charge in [-0.3, -0.25) is 4.79 Å². The van der Waals surface area contributed by atoms with E-state index in [0.29, 0.717) is 31.0 Å². The number of piperidine rings is 1. The molecule has 1 aromatic carbocycles. The van der Waals surface area contributed by atoms with Crippen LogP contribution < -0.4 is 5.32 Å². The van der Waals surface area contributed by atoms with Gasteiger partial charge in [0.25, 0.3) is 5.91 Å². The fourth-order valence-electron chi connectivity index (χ4n) is 4.29. The van der Waals surface area contributed by atoms with Crippen LogP contribution in [-0.4, -0.2) is 49.0 Å². The first-order chi connectivity index (χ1) is 16.5. The van der Waals surface area contributed by atoms with Gasteiger partial charge in [0.15, 0.2) is 0 Å². The number of nitrogens with one attached hydrogen (secondary N) is 1. The highest BCUT2D eigenvalue weighted by Crippen LogP contribution is 2.34. The van der Waals surface area contributed by atoms with Gasteiger partial charge in [-0.25, -0.2) is 13.4 Å². The Morgan fingerprint density at radius 3 is 2.56 bits per heavy atom. The van der Waals surface area contributed by atoms with Gasteiger partial charge in [-0.15, -0.1) is 11.3 Å².